The van der Waals surface area contributed by atoms with Crippen molar-refractivity contribution in [2.45, 2.75) is 26.5 Å². The molecule has 9 nitrogen and oxygen atoms in total. The summed E-state index contributed by atoms with van der Waals surface area (Å²) in [5.74, 6) is 0.0838. The van der Waals surface area contributed by atoms with Crippen LogP contribution in [0, 0.1) is 0 Å². The fraction of sp³-hybridized carbons (Fsp3) is 0.182. The molecule has 0 saturated heterocycles. The molecule has 0 amide bonds. The highest BCUT2D eigenvalue weighted by Crippen LogP contribution is 2.27. The summed E-state index contributed by atoms with van der Waals surface area (Å²) in [5, 5.41) is 13.5. The summed E-state index contributed by atoms with van der Waals surface area (Å²) in [6, 6.07) is 7.85. The van der Waals surface area contributed by atoms with Crippen molar-refractivity contribution in [1.82, 2.24) is 9.97 Å². The Kier molecular flexibility index (Phi) is 6.09. The van der Waals surface area contributed by atoms with Gasteiger partial charge in [-0.1, -0.05) is 18.5 Å². The molecule has 4 rings (SSSR count). The molecular formula is C22H18ClN3O6. The largest absolute Gasteiger partial charge is 0.508 e. The molecule has 0 fully saturated rings. The Hall–Kier alpha value is -3.85. The van der Waals surface area contributed by atoms with Crippen LogP contribution in [0.5, 0.6) is 5.75 Å². The second-order valence-corrected chi connectivity index (χ2v) is 7.23. The van der Waals surface area contributed by atoms with Crippen molar-refractivity contribution >= 4 is 34.5 Å². The van der Waals surface area contributed by atoms with Gasteiger partial charge in [-0.3, -0.25) is 0 Å². The Balaban J connectivity index is 1.54. The van der Waals surface area contributed by atoms with E-state index in [9.17, 15) is 14.7 Å². The second-order valence-electron chi connectivity index (χ2n) is 6.82. The molecule has 1 aromatic carbocycles. The van der Waals surface area contributed by atoms with E-state index in [4.69, 9.17) is 25.2 Å². The summed E-state index contributed by atoms with van der Waals surface area (Å²) in [6.45, 7) is 1.99. The van der Waals surface area contributed by atoms with Crippen LogP contribution in [0.2, 0.25) is 5.02 Å². The molecule has 0 aliphatic heterocycles. The number of aromatic hydroxyl groups is 1. The number of carbonyl (C=O) groups excluding carboxylic acids is 1. The maximum atomic E-state index is 12.6. The smallest absolute Gasteiger partial charge is 0.359 e. The van der Waals surface area contributed by atoms with Gasteiger partial charge < -0.3 is 24.0 Å². The van der Waals surface area contributed by atoms with E-state index in [-0.39, 0.29) is 34.6 Å². The molecular weight excluding hydrogens is 438 g/mol. The van der Waals surface area contributed by atoms with Crippen LogP contribution in [0.15, 0.2) is 56.4 Å². The molecule has 0 atom stereocenters. The number of furan rings is 1. The first-order valence-electron chi connectivity index (χ1n) is 9.69. The minimum absolute atomic E-state index is 0.0224. The average Bonchev–Trinajstić information content (AvgIpc) is 3.30. The quantitative estimate of drug-likeness (QED) is 0.313. The molecule has 2 N–H and O–H groups in total. The van der Waals surface area contributed by atoms with Crippen molar-refractivity contribution in [1.29, 1.82) is 0 Å². The predicted molar refractivity (Wildman–Crippen MR) is 116 cm³/mol. The van der Waals surface area contributed by atoms with Crippen LogP contribution in [0.4, 0.5) is 5.95 Å². The molecule has 10 heteroatoms. The van der Waals surface area contributed by atoms with Gasteiger partial charge in [0.2, 0.25) is 5.95 Å². The number of phenols is 1. The number of hydrogen-bond acceptors (Lipinski definition) is 9. The van der Waals surface area contributed by atoms with Crippen molar-refractivity contribution in [3.8, 4) is 5.75 Å². The fourth-order valence-electron chi connectivity index (χ4n) is 3.10. The van der Waals surface area contributed by atoms with E-state index in [0.717, 1.165) is 0 Å². The molecule has 3 aromatic heterocycles. The molecule has 0 aliphatic carbocycles. The first-order chi connectivity index (χ1) is 15.4. The summed E-state index contributed by atoms with van der Waals surface area (Å²) in [4.78, 5) is 32.7. The Morgan fingerprint density at radius 3 is 2.88 bits per heavy atom. The number of carbonyl (C=O) groups is 1. The van der Waals surface area contributed by atoms with Crippen LogP contribution in [0.1, 0.15) is 34.3 Å². The Morgan fingerprint density at radius 1 is 1.28 bits per heavy atom. The number of aromatic nitrogens is 2. The van der Waals surface area contributed by atoms with Gasteiger partial charge in [-0.05, 0) is 30.2 Å². The third kappa shape index (κ3) is 4.57. The van der Waals surface area contributed by atoms with Gasteiger partial charge in [-0.25, -0.2) is 19.6 Å². The minimum atomic E-state index is -0.783. The number of esters is 1. The zero-order valence-electron chi connectivity index (χ0n) is 16.9. The van der Waals surface area contributed by atoms with Gasteiger partial charge in [-0.2, -0.15) is 0 Å². The van der Waals surface area contributed by atoms with Gasteiger partial charge in [0.1, 0.15) is 23.7 Å². The number of nitrogens with zero attached hydrogens (tertiary/aromatic N) is 2. The van der Waals surface area contributed by atoms with E-state index < -0.39 is 11.6 Å². The standard InChI is InChI=1S/C22H18ClN3O6/c1-2-12-6-15-13(7-19(28)32-18(15)8-17(12)27)11-31-21(29)20-16(23)10-25-22(26-20)24-9-14-4-3-5-30-14/h3-8,10,27H,2,9,11H2,1H3,(H,24,25,26). The van der Waals surface area contributed by atoms with E-state index in [1.54, 1.807) is 24.5 Å². The number of halogens is 1. The lowest BCUT2D eigenvalue weighted by atomic mass is 10.0. The van der Waals surface area contributed by atoms with Crippen LogP contribution >= 0.6 is 11.6 Å². The molecule has 0 bridgehead atoms. The molecule has 0 saturated carbocycles. The summed E-state index contributed by atoms with van der Waals surface area (Å²) >= 11 is 6.08. The number of nitrogens with one attached hydrogen (secondary N) is 1. The summed E-state index contributed by atoms with van der Waals surface area (Å²) in [7, 11) is 0. The van der Waals surface area contributed by atoms with Gasteiger partial charge in [0.05, 0.1) is 24.0 Å². The van der Waals surface area contributed by atoms with Crippen molar-refractivity contribution < 1.29 is 23.5 Å². The summed E-state index contributed by atoms with van der Waals surface area (Å²) in [5.41, 5.74) is 0.549. The van der Waals surface area contributed by atoms with E-state index >= 15 is 0 Å². The van der Waals surface area contributed by atoms with Crippen molar-refractivity contribution in [3.05, 3.63) is 80.8 Å². The number of rotatable bonds is 7. The number of benzene rings is 1. The third-order valence-electron chi connectivity index (χ3n) is 4.71. The van der Waals surface area contributed by atoms with E-state index in [0.29, 0.717) is 35.2 Å². The van der Waals surface area contributed by atoms with Crippen LogP contribution in [0.25, 0.3) is 11.0 Å². The molecule has 4 aromatic rings. The molecule has 164 valence electrons. The fourth-order valence-corrected chi connectivity index (χ4v) is 3.26. The molecule has 0 radical (unpaired) electrons. The lowest BCUT2D eigenvalue weighted by Gasteiger charge is -2.10. The number of aryl methyl sites for hydroxylation is 1. The number of anilines is 1. The van der Waals surface area contributed by atoms with Crippen LogP contribution in [-0.4, -0.2) is 21.0 Å². The maximum absolute atomic E-state index is 12.6. The van der Waals surface area contributed by atoms with Crippen LogP contribution < -0.4 is 10.9 Å². The van der Waals surface area contributed by atoms with Crippen LogP contribution in [0.3, 0.4) is 0 Å². The molecule has 32 heavy (non-hydrogen) atoms. The van der Waals surface area contributed by atoms with Crippen molar-refractivity contribution in [3.63, 3.8) is 0 Å². The third-order valence-corrected chi connectivity index (χ3v) is 4.98. The highest BCUT2D eigenvalue weighted by atomic mass is 35.5. The Bertz CT molecular complexity index is 1330. The van der Waals surface area contributed by atoms with Gasteiger partial charge in [0.15, 0.2) is 5.69 Å². The van der Waals surface area contributed by atoms with Crippen molar-refractivity contribution in [2.75, 3.05) is 5.32 Å². The van der Waals surface area contributed by atoms with Crippen molar-refractivity contribution in [2.24, 2.45) is 0 Å². The first-order valence-corrected chi connectivity index (χ1v) is 10.1. The van der Waals surface area contributed by atoms with Gasteiger partial charge in [-0.15, -0.1) is 0 Å². The molecule has 0 spiro atoms. The van der Waals surface area contributed by atoms with Gasteiger partial charge in [0, 0.05) is 23.1 Å². The normalized spacial score (nSPS) is 10.9. The Morgan fingerprint density at radius 2 is 2.12 bits per heavy atom. The number of fused-ring (bicyclic) bond motifs is 1. The van der Waals surface area contributed by atoms with E-state index in [2.05, 4.69) is 15.3 Å². The maximum Gasteiger partial charge on any atom is 0.359 e. The molecule has 3 heterocycles. The van der Waals surface area contributed by atoms with Crippen LogP contribution in [-0.2, 0) is 24.3 Å². The molecule has 0 aliphatic rings. The number of hydrogen-bond donors (Lipinski definition) is 2. The topological polar surface area (TPSA) is 128 Å². The predicted octanol–water partition coefficient (Wildman–Crippen LogP) is 4.07. The highest BCUT2D eigenvalue weighted by molar-refractivity contribution is 6.33. The number of phenolic OH excluding ortho intramolecular Hbond substituents is 1. The van der Waals surface area contributed by atoms with Gasteiger partial charge in [0.25, 0.3) is 0 Å². The minimum Gasteiger partial charge on any atom is -0.508 e. The lowest BCUT2D eigenvalue weighted by Crippen LogP contribution is -2.12. The molecule has 0 unspecified atom stereocenters. The average molecular weight is 456 g/mol. The first kappa shape index (κ1) is 21.4. The Labute approximate surface area is 186 Å². The highest BCUT2D eigenvalue weighted by Gasteiger charge is 2.18. The van der Waals surface area contributed by atoms with E-state index in [1.807, 2.05) is 6.92 Å². The number of ether oxygens (including phenoxy) is 1. The van der Waals surface area contributed by atoms with Gasteiger partial charge >= 0.3 is 11.6 Å². The summed E-state index contributed by atoms with van der Waals surface area (Å²) < 4.78 is 15.7. The second kappa shape index (κ2) is 9.11. The zero-order chi connectivity index (χ0) is 22.7. The summed E-state index contributed by atoms with van der Waals surface area (Å²) in [6.07, 6.45) is 3.41. The van der Waals surface area contributed by atoms with E-state index in [1.165, 1.54) is 18.3 Å². The zero-order valence-corrected chi connectivity index (χ0v) is 17.7. The lowest BCUT2D eigenvalue weighted by molar-refractivity contribution is 0.0467. The SMILES string of the molecule is CCc1cc2c(COC(=O)c3nc(NCc4ccco4)ncc3Cl)cc(=O)oc2cc1O. The monoisotopic (exact) mass is 455 g/mol.